The van der Waals surface area contributed by atoms with Crippen molar-refractivity contribution in [1.29, 1.82) is 0 Å². The number of aromatic nitrogens is 2. The number of aryl methyl sites for hydroxylation is 1. The van der Waals surface area contributed by atoms with Gasteiger partial charge >= 0.3 is 5.97 Å². The van der Waals surface area contributed by atoms with Gasteiger partial charge in [-0.3, -0.25) is 4.79 Å². The van der Waals surface area contributed by atoms with E-state index in [0.717, 1.165) is 109 Å². The normalized spacial score (nSPS) is 47.5. The van der Waals surface area contributed by atoms with Gasteiger partial charge in [0.2, 0.25) is 0 Å². The number of fused-ring (bicyclic) bond motifs is 11. The van der Waals surface area contributed by atoms with Gasteiger partial charge < -0.3 is 14.8 Å². The Balaban J connectivity index is 0.704. The highest BCUT2D eigenvalue weighted by Gasteiger charge is 2.62. The van der Waals surface area contributed by atoms with Crippen LogP contribution in [0.25, 0.3) is 11.0 Å². The van der Waals surface area contributed by atoms with Crippen molar-refractivity contribution in [3.8, 4) is 0 Å². The molecule has 326 valence electrons. The lowest BCUT2D eigenvalue weighted by Gasteiger charge is -2.61. The molecule has 0 bridgehead atoms. The van der Waals surface area contributed by atoms with E-state index in [9.17, 15) is 9.90 Å². The summed E-state index contributed by atoms with van der Waals surface area (Å²) in [5.41, 5.74) is 4.04. The van der Waals surface area contributed by atoms with Crippen molar-refractivity contribution >= 4 is 17.0 Å². The van der Waals surface area contributed by atoms with Gasteiger partial charge in [-0.1, -0.05) is 53.7 Å². The Morgan fingerprint density at radius 1 is 0.695 bits per heavy atom. The maximum absolute atomic E-state index is 13.6. The number of rotatable bonds is 9. The molecule has 10 rings (SSSR count). The number of esters is 1. The minimum absolute atomic E-state index is 0.0596. The zero-order valence-corrected chi connectivity index (χ0v) is 38.2. The number of nitrogens with one attached hydrogen (secondary N) is 1. The van der Waals surface area contributed by atoms with Crippen LogP contribution in [0.4, 0.5) is 0 Å². The molecule has 2 unspecified atom stereocenters. The number of H-pyrrole nitrogens is 1. The van der Waals surface area contributed by atoms with Gasteiger partial charge in [0.05, 0.1) is 17.1 Å². The van der Waals surface area contributed by atoms with Crippen LogP contribution in [-0.4, -0.2) is 33.3 Å². The zero-order valence-electron chi connectivity index (χ0n) is 38.2. The molecular formula is C54H82N2O3. The quantitative estimate of drug-likeness (QED) is 0.248. The van der Waals surface area contributed by atoms with Gasteiger partial charge in [-0.25, -0.2) is 4.98 Å². The molecule has 1 aromatic heterocycles. The molecule has 0 amide bonds. The molecule has 8 aliphatic carbocycles. The van der Waals surface area contributed by atoms with E-state index in [0.29, 0.717) is 39.9 Å². The molecule has 8 aliphatic rings. The molecule has 0 radical (unpaired) electrons. The van der Waals surface area contributed by atoms with Crippen LogP contribution in [0, 0.1) is 92.7 Å². The van der Waals surface area contributed by atoms with Crippen LogP contribution in [-0.2, 0) is 16.0 Å². The van der Waals surface area contributed by atoms with E-state index in [4.69, 9.17) is 9.72 Å². The van der Waals surface area contributed by atoms with Crippen LogP contribution in [0.15, 0.2) is 24.3 Å². The van der Waals surface area contributed by atoms with Crippen molar-refractivity contribution in [3.63, 3.8) is 0 Å². The van der Waals surface area contributed by atoms with Crippen molar-refractivity contribution in [1.82, 2.24) is 9.97 Å². The monoisotopic (exact) mass is 807 g/mol. The lowest BCUT2D eigenvalue weighted by molar-refractivity contribution is -0.163. The smallest absolute Gasteiger partial charge is 0.306 e. The summed E-state index contributed by atoms with van der Waals surface area (Å²) in [5.74, 6) is 10.8. The van der Waals surface area contributed by atoms with Crippen LogP contribution in [0.3, 0.4) is 0 Å². The van der Waals surface area contributed by atoms with Crippen LogP contribution < -0.4 is 0 Å². The van der Waals surface area contributed by atoms with E-state index >= 15 is 0 Å². The lowest BCUT2D eigenvalue weighted by atomic mass is 9.44. The molecular weight excluding hydrogens is 725 g/mol. The Morgan fingerprint density at radius 3 is 1.90 bits per heavy atom. The third kappa shape index (κ3) is 6.83. The van der Waals surface area contributed by atoms with Gasteiger partial charge in [0, 0.05) is 12.8 Å². The van der Waals surface area contributed by atoms with Crippen LogP contribution in [0.1, 0.15) is 182 Å². The van der Waals surface area contributed by atoms with Gasteiger partial charge in [0.25, 0.3) is 0 Å². The summed E-state index contributed by atoms with van der Waals surface area (Å²) in [6.07, 6.45) is 27.3. The average molecular weight is 807 g/mol. The fourth-order valence-electron chi connectivity index (χ4n) is 19.0. The van der Waals surface area contributed by atoms with Crippen molar-refractivity contribution in [2.75, 3.05) is 0 Å². The molecule has 2 N–H and O–H groups in total. The maximum Gasteiger partial charge on any atom is 0.306 e. The highest BCUT2D eigenvalue weighted by atomic mass is 16.5. The number of aliphatic hydroxyl groups excluding tert-OH is 1. The largest absolute Gasteiger partial charge is 0.462 e. The Bertz CT molecular complexity index is 1800. The number of hydrogen-bond donors (Lipinski definition) is 2. The molecule has 8 fully saturated rings. The standard InChI is InChI=1S/C54H82N2O3/c1-33(11-21-49-55-47-9-7-8-10-48(47)56-49)41-17-19-44-40-16-14-36-32-38(24-28-52(36,4)46(40)26-30-53(41,44)5)59-50(58)22-12-34(2)42-18-20-43-39-15-13-35-31-37(57)23-27-51(35,3)45(39)25-29-54(42,43)6/h7-10,33-46,57H,11-32H2,1-6H3,(H,55,56)/t33-,34-,35?,36?,37-,38-,39+,40+,41-,42-,43+,44+,45+,46+,51+,52+,53-,54-/m1/s1. The van der Waals surface area contributed by atoms with Crippen molar-refractivity contribution in [3.05, 3.63) is 30.1 Å². The topological polar surface area (TPSA) is 75.2 Å². The number of carbonyl (C=O) groups excluding carboxylic acids is 1. The lowest BCUT2D eigenvalue weighted by Crippen LogP contribution is -2.54. The maximum atomic E-state index is 13.6. The number of imidazole rings is 1. The summed E-state index contributed by atoms with van der Waals surface area (Å²) in [7, 11) is 0. The van der Waals surface area contributed by atoms with Crippen molar-refractivity contribution < 1.29 is 14.6 Å². The summed E-state index contributed by atoms with van der Waals surface area (Å²) in [4.78, 5) is 22.1. The van der Waals surface area contributed by atoms with Gasteiger partial charge in [0.15, 0.2) is 0 Å². The van der Waals surface area contributed by atoms with Crippen molar-refractivity contribution in [2.24, 2.45) is 92.7 Å². The SMILES string of the molecule is C[C@H](CCC(=O)O[C@@H]1CC[C@@]2(C)C(CC[C@H]3[C@@H]4CC[C@H]([C@H](C)CCc5nc6ccccc6[nH]5)[C@@]4(C)CC[C@@H]32)C1)[C@H]1CC[C@H]2[C@@H]3CCC4C[C@H](O)CC[C@]4(C)[C@H]3CC[C@]12C. The Hall–Kier alpha value is -1.88. The minimum atomic E-state index is -0.0596. The van der Waals surface area contributed by atoms with Gasteiger partial charge in [0.1, 0.15) is 11.9 Å². The fourth-order valence-corrected chi connectivity index (χ4v) is 19.0. The summed E-state index contributed by atoms with van der Waals surface area (Å²) in [6.45, 7) is 15.7. The van der Waals surface area contributed by atoms with Crippen LogP contribution in [0.5, 0.6) is 0 Å². The minimum Gasteiger partial charge on any atom is -0.462 e. The first-order chi connectivity index (χ1) is 28.3. The molecule has 1 heterocycles. The molecule has 59 heavy (non-hydrogen) atoms. The summed E-state index contributed by atoms with van der Waals surface area (Å²) in [6, 6.07) is 8.46. The summed E-state index contributed by atoms with van der Waals surface area (Å²) in [5, 5.41) is 10.5. The van der Waals surface area contributed by atoms with E-state index in [1.54, 1.807) is 0 Å². The first-order valence-electron chi connectivity index (χ1n) is 25.6. The van der Waals surface area contributed by atoms with Gasteiger partial charge in [-0.2, -0.15) is 0 Å². The second kappa shape index (κ2) is 15.4. The molecule has 1 aromatic carbocycles. The Kier molecular flexibility index (Phi) is 10.8. The van der Waals surface area contributed by atoms with Crippen molar-refractivity contribution in [2.45, 2.75) is 195 Å². The highest BCUT2D eigenvalue weighted by Crippen LogP contribution is 2.70. The van der Waals surface area contributed by atoms with E-state index in [1.807, 2.05) is 0 Å². The first-order valence-corrected chi connectivity index (χ1v) is 25.6. The van der Waals surface area contributed by atoms with Crippen LogP contribution in [0.2, 0.25) is 0 Å². The molecule has 0 spiro atoms. The highest BCUT2D eigenvalue weighted by molar-refractivity contribution is 5.74. The Morgan fingerprint density at radius 2 is 1.25 bits per heavy atom. The van der Waals surface area contributed by atoms with E-state index in [-0.39, 0.29) is 18.2 Å². The molecule has 2 aromatic rings. The van der Waals surface area contributed by atoms with E-state index < -0.39 is 0 Å². The number of carbonyl (C=O) groups is 1. The first kappa shape index (κ1) is 41.1. The predicted molar refractivity (Wildman–Crippen MR) is 238 cm³/mol. The molecule has 0 saturated heterocycles. The number of aliphatic hydroxyl groups is 1. The molecule has 5 heteroatoms. The second-order valence-electron chi connectivity index (χ2n) is 24.3. The third-order valence-electron chi connectivity index (χ3n) is 22.2. The van der Waals surface area contributed by atoms with Gasteiger partial charge in [-0.15, -0.1) is 0 Å². The van der Waals surface area contributed by atoms with Crippen LogP contribution >= 0.6 is 0 Å². The Labute approximate surface area is 358 Å². The average Bonchev–Trinajstić information content (AvgIpc) is 3.92. The number of ether oxygens (including phenoxy) is 1. The predicted octanol–water partition coefficient (Wildman–Crippen LogP) is 13.1. The zero-order chi connectivity index (χ0) is 40.9. The fraction of sp³-hybridized carbons (Fsp3) is 0.852. The van der Waals surface area contributed by atoms with E-state index in [2.05, 4.69) is 70.8 Å². The molecule has 5 nitrogen and oxygen atoms in total. The van der Waals surface area contributed by atoms with E-state index in [1.165, 1.54) is 102 Å². The summed E-state index contributed by atoms with van der Waals surface area (Å²) >= 11 is 0. The second-order valence-corrected chi connectivity index (χ2v) is 24.3. The third-order valence-corrected chi connectivity index (χ3v) is 22.2. The molecule has 8 saturated carbocycles. The molecule has 18 atom stereocenters. The summed E-state index contributed by atoms with van der Waals surface area (Å²) < 4.78 is 6.44. The number of para-hydroxylation sites is 2. The number of aromatic amines is 1. The number of hydrogen-bond acceptors (Lipinski definition) is 4. The van der Waals surface area contributed by atoms with Gasteiger partial charge in [-0.05, 0) is 233 Å². The number of benzene rings is 1. The number of nitrogens with zero attached hydrogens (tertiary/aromatic N) is 1. The molecule has 0 aliphatic heterocycles.